The third kappa shape index (κ3) is 4.31. The summed E-state index contributed by atoms with van der Waals surface area (Å²) in [4.78, 5) is 26.0. The molecule has 1 aromatic heterocycles. The lowest BCUT2D eigenvalue weighted by atomic mass is 10.0. The van der Waals surface area contributed by atoms with E-state index in [0.717, 1.165) is 24.9 Å². The summed E-state index contributed by atoms with van der Waals surface area (Å²) < 4.78 is 6.81. The predicted molar refractivity (Wildman–Crippen MR) is 116 cm³/mol. The molecule has 0 saturated heterocycles. The fraction of sp³-hybridized carbons (Fsp3) is 0.100. The van der Waals surface area contributed by atoms with Crippen molar-refractivity contribution in [3.8, 4) is 11.1 Å². The SMILES string of the molecule is COC(=O)c1c(NC(=O)c2ccc(Br)cc2)sc(C)c1-c1ccc(Br)cc1. The molecule has 0 aliphatic carbocycles. The van der Waals surface area contributed by atoms with Gasteiger partial charge >= 0.3 is 5.97 Å². The molecule has 0 spiro atoms. The first-order valence-electron chi connectivity index (χ1n) is 7.95. The van der Waals surface area contributed by atoms with E-state index in [2.05, 4.69) is 37.2 Å². The van der Waals surface area contributed by atoms with Crippen LogP contribution in [0.25, 0.3) is 11.1 Å². The molecule has 1 heterocycles. The standard InChI is InChI=1S/C20H15Br2NO3S/c1-11-16(12-3-7-14(21)8-4-12)17(20(25)26-2)19(27-11)23-18(24)13-5-9-15(22)10-6-13/h3-10H,1-2H3,(H,23,24). The molecule has 0 bridgehead atoms. The number of methoxy groups -OCH3 is 1. The molecule has 2 aromatic carbocycles. The maximum Gasteiger partial charge on any atom is 0.341 e. The Balaban J connectivity index is 2.04. The highest BCUT2D eigenvalue weighted by atomic mass is 79.9. The smallest absolute Gasteiger partial charge is 0.341 e. The van der Waals surface area contributed by atoms with Crippen molar-refractivity contribution in [3.05, 3.63) is 73.5 Å². The van der Waals surface area contributed by atoms with Gasteiger partial charge in [-0.1, -0.05) is 44.0 Å². The van der Waals surface area contributed by atoms with Crippen molar-refractivity contribution in [1.29, 1.82) is 0 Å². The molecule has 0 atom stereocenters. The van der Waals surface area contributed by atoms with Gasteiger partial charge in [-0.25, -0.2) is 4.79 Å². The van der Waals surface area contributed by atoms with Crippen molar-refractivity contribution < 1.29 is 14.3 Å². The van der Waals surface area contributed by atoms with E-state index in [0.29, 0.717) is 16.1 Å². The third-order valence-electron chi connectivity index (χ3n) is 3.94. The summed E-state index contributed by atoms with van der Waals surface area (Å²) in [6.45, 7) is 1.92. The van der Waals surface area contributed by atoms with Gasteiger partial charge in [-0.05, 0) is 48.9 Å². The molecule has 4 nitrogen and oxygen atoms in total. The molecule has 1 amide bonds. The maximum atomic E-state index is 12.6. The van der Waals surface area contributed by atoms with Crippen LogP contribution in [0.4, 0.5) is 5.00 Å². The van der Waals surface area contributed by atoms with Crippen LogP contribution >= 0.6 is 43.2 Å². The van der Waals surface area contributed by atoms with Gasteiger partial charge in [0.15, 0.2) is 0 Å². The minimum atomic E-state index is -0.483. The summed E-state index contributed by atoms with van der Waals surface area (Å²) in [5, 5.41) is 3.34. The molecule has 0 unspecified atom stereocenters. The summed E-state index contributed by atoms with van der Waals surface area (Å²) in [5.74, 6) is -0.764. The highest BCUT2D eigenvalue weighted by molar-refractivity contribution is 9.10. The summed E-state index contributed by atoms with van der Waals surface area (Å²) in [6, 6.07) is 14.7. The van der Waals surface area contributed by atoms with Crippen LogP contribution in [0, 0.1) is 6.92 Å². The molecule has 3 rings (SSSR count). The van der Waals surface area contributed by atoms with Gasteiger partial charge in [0.05, 0.1) is 7.11 Å². The monoisotopic (exact) mass is 507 g/mol. The minimum absolute atomic E-state index is 0.281. The number of carbonyl (C=O) groups excluding carboxylic acids is 2. The second-order valence-electron chi connectivity index (χ2n) is 5.70. The zero-order valence-electron chi connectivity index (χ0n) is 14.5. The molecular weight excluding hydrogens is 494 g/mol. The molecule has 3 aromatic rings. The van der Waals surface area contributed by atoms with Gasteiger partial charge in [-0.15, -0.1) is 11.3 Å². The van der Waals surface area contributed by atoms with E-state index < -0.39 is 5.97 Å². The molecule has 138 valence electrons. The van der Waals surface area contributed by atoms with Gasteiger partial charge in [0.25, 0.3) is 5.91 Å². The number of aryl methyl sites for hydroxylation is 1. The molecule has 7 heteroatoms. The number of benzene rings is 2. The van der Waals surface area contributed by atoms with Crippen LogP contribution in [0.2, 0.25) is 0 Å². The second-order valence-corrected chi connectivity index (χ2v) is 8.75. The third-order valence-corrected chi connectivity index (χ3v) is 6.02. The highest BCUT2D eigenvalue weighted by Gasteiger charge is 2.25. The van der Waals surface area contributed by atoms with Gasteiger partial charge < -0.3 is 10.1 Å². The lowest BCUT2D eigenvalue weighted by molar-refractivity contribution is 0.0603. The fourth-order valence-corrected chi connectivity index (χ4v) is 4.26. The van der Waals surface area contributed by atoms with Crippen molar-refractivity contribution in [2.75, 3.05) is 12.4 Å². The number of nitrogens with one attached hydrogen (secondary N) is 1. The van der Waals surface area contributed by atoms with Crippen LogP contribution in [-0.4, -0.2) is 19.0 Å². The van der Waals surface area contributed by atoms with Gasteiger partial charge in [0, 0.05) is 24.9 Å². The zero-order chi connectivity index (χ0) is 19.6. The minimum Gasteiger partial charge on any atom is -0.465 e. The van der Waals surface area contributed by atoms with Gasteiger partial charge in [-0.3, -0.25) is 4.79 Å². The Morgan fingerprint density at radius 3 is 2.07 bits per heavy atom. The zero-order valence-corrected chi connectivity index (χ0v) is 18.5. The fourth-order valence-electron chi connectivity index (χ4n) is 2.67. The predicted octanol–water partition coefficient (Wildman–Crippen LogP) is 6.29. The number of anilines is 1. The summed E-state index contributed by atoms with van der Waals surface area (Å²) >= 11 is 8.12. The van der Waals surface area contributed by atoms with Crippen LogP contribution in [0.1, 0.15) is 25.6 Å². The topological polar surface area (TPSA) is 55.4 Å². The van der Waals surface area contributed by atoms with Gasteiger partial charge in [-0.2, -0.15) is 0 Å². The average Bonchev–Trinajstić information content (AvgIpc) is 2.98. The number of amides is 1. The second kappa shape index (κ2) is 8.37. The normalized spacial score (nSPS) is 10.5. The molecule has 0 radical (unpaired) electrons. The number of carbonyl (C=O) groups is 2. The number of rotatable bonds is 4. The number of ether oxygens (including phenoxy) is 1. The van der Waals surface area contributed by atoms with E-state index in [4.69, 9.17) is 4.74 Å². The lowest BCUT2D eigenvalue weighted by Crippen LogP contribution is -2.14. The van der Waals surface area contributed by atoms with Gasteiger partial charge in [0.1, 0.15) is 10.6 Å². The van der Waals surface area contributed by atoms with E-state index in [9.17, 15) is 9.59 Å². The Bertz CT molecular complexity index is 995. The quantitative estimate of drug-likeness (QED) is 0.421. The summed E-state index contributed by atoms with van der Waals surface area (Å²) in [5.41, 5.74) is 2.53. The molecule has 0 saturated carbocycles. The van der Waals surface area contributed by atoms with Crippen molar-refractivity contribution in [2.24, 2.45) is 0 Å². The Morgan fingerprint density at radius 2 is 1.52 bits per heavy atom. The number of halogens is 2. The Labute approximate surface area is 177 Å². The van der Waals surface area contributed by atoms with E-state index in [-0.39, 0.29) is 5.91 Å². The van der Waals surface area contributed by atoms with Crippen LogP contribution < -0.4 is 5.32 Å². The Hall–Kier alpha value is -1.96. The van der Waals surface area contributed by atoms with E-state index in [1.165, 1.54) is 18.4 Å². The largest absolute Gasteiger partial charge is 0.465 e. The summed E-state index contributed by atoms with van der Waals surface area (Å²) in [7, 11) is 1.33. The Morgan fingerprint density at radius 1 is 0.963 bits per heavy atom. The maximum absolute atomic E-state index is 12.6. The van der Waals surface area contributed by atoms with E-state index >= 15 is 0 Å². The number of hydrogen-bond acceptors (Lipinski definition) is 4. The lowest BCUT2D eigenvalue weighted by Gasteiger charge is -2.08. The Kier molecular flexibility index (Phi) is 6.14. The average molecular weight is 509 g/mol. The van der Waals surface area contributed by atoms with Crippen LogP contribution in [0.5, 0.6) is 0 Å². The van der Waals surface area contributed by atoms with E-state index in [1.807, 2.05) is 31.2 Å². The van der Waals surface area contributed by atoms with Crippen LogP contribution in [0.15, 0.2) is 57.5 Å². The van der Waals surface area contributed by atoms with Crippen molar-refractivity contribution >= 4 is 60.1 Å². The molecule has 1 N–H and O–H groups in total. The van der Waals surface area contributed by atoms with Crippen LogP contribution in [-0.2, 0) is 4.74 Å². The number of thiophene rings is 1. The number of hydrogen-bond donors (Lipinski definition) is 1. The van der Waals surface area contributed by atoms with E-state index in [1.54, 1.807) is 24.3 Å². The molecule has 27 heavy (non-hydrogen) atoms. The molecule has 0 aliphatic rings. The highest BCUT2D eigenvalue weighted by Crippen LogP contribution is 2.40. The number of esters is 1. The first-order chi connectivity index (χ1) is 12.9. The molecule has 0 aliphatic heterocycles. The molecular formula is C20H15Br2NO3S. The van der Waals surface area contributed by atoms with Crippen molar-refractivity contribution in [1.82, 2.24) is 0 Å². The first-order valence-corrected chi connectivity index (χ1v) is 10.4. The van der Waals surface area contributed by atoms with Crippen LogP contribution in [0.3, 0.4) is 0 Å². The summed E-state index contributed by atoms with van der Waals surface area (Å²) in [6.07, 6.45) is 0. The van der Waals surface area contributed by atoms with Gasteiger partial charge in [0.2, 0.25) is 0 Å². The van der Waals surface area contributed by atoms with Crippen molar-refractivity contribution in [2.45, 2.75) is 6.92 Å². The molecule has 0 fully saturated rings. The first kappa shape index (κ1) is 19.8. The van der Waals surface area contributed by atoms with Crippen molar-refractivity contribution in [3.63, 3.8) is 0 Å².